The molecule has 1 heterocycles. The van der Waals surface area contributed by atoms with Gasteiger partial charge in [-0.05, 0) is 36.8 Å². The van der Waals surface area contributed by atoms with Crippen LogP contribution in [-0.4, -0.2) is 53.7 Å². The van der Waals surface area contributed by atoms with Crippen molar-refractivity contribution in [3.05, 3.63) is 70.5 Å². The first-order valence-electron chi connectivity index (χ1n) is 9.37. The first-order chi connectivity index (χ1) is 14.3. The molecule has 0 radical (unpaired) electrons. The van der Waals surface area contributed by atoms with Crippen LogP contribution in [0, 0.1) is 12.7 Å². The van der Waals surface area contributed by atoms with Gasteiger partial charge in [0.05, 0.1) is 17.5 Å². The second kappa shape index (κ2) is 8.86. The van der Waals surface area contributed by atoms with Crippen molar-refractivity contribution in [1.29, 1.82) is 0 Å². The molecule has 0 aliphatic carbocycles. The van der Waals surface area contributed by atoms with Crippen LogP contribution in [0.3, 0.4) is 0 Å². The second-order valence-corrected chi connectivity index (χ2v) is 7.10. The summed E-state index contributed by atoms with van der Waals surface area (Å²) < 4.78 is 17.9. The molecular weight excluding hydrogens is 391 g/mol. The number of likely N-dealkylation sites (N-methyl/N-ethyl adjacent to an activating group) is 1. The third-order valence-electron chi connectivity index (χ3n) is 4.78. The van der Waals surface area contributed by atoms with E-state index in [4.69, 9.17) is 4.74 Å². The average molecular weight is 412 g/mol. The van der Waals surface area contributed by atoms with Gasteiger partial charge < -0.3 is 9.64 Å². The molecule has 8 heteroatoms. The lowest BCUT2D eigenvalue weighted by Crippen LogP contribution is -2.33. The molecule has 156 valence electrons. The minimum absolute atomic E-state index is 0.121. The molecule has 1 aliphatic heterocycles. The molecule has 0 saturated heterocycles. The Kier molecular flexibility index (Phi) is 6.25. The molecule has 3 rings (SSSR count). The van der Waals surface area contributed by atoms with Gasteiger partial charge in [-0.3, -0.25) is 24.1 Å². The molecule has 0 spiro atoms. The van der Waals surface area contributed by atoms with Crippen molar-refractivity contribution >= 4 is 23.7 Å². The summed E-state index contributed by atoms with van der Waals surface area (Å²) in [5.74, 6) is -2.37. The maximum atomic E-state index is 12.9. The third kappa shape index (κ3) is 4.71. The zero-order valence-electron chi connectivity index (χ0n) is 16.7. The van der Waals surface area contributed by atoms with Crippen molar-refractivity contribution in [3.8, 4) is 0 Å². The fourth-order valence-corrected chi connectivity index (χ4v) is 3.09. The van der Waals surface area contributed by atoms with Crippen molar-refractivity contribution in [2.24, 2.45) is 0 Å². The largest absolute Gasteiger partial charge is 0.456 e. The SMILES string of the molecule is Cc1ccc2c(c1)C(=O)N(CCC(=O)OCC(=O)N(C)Cc1ccc(F)cc1)C2=O. The molecule has 7 nitrogen and oxygen atoms in total. The second-order valence-electron chi connectivity index (χ2n) is 7.10. The number of esters is 1. The maximum absolute atomic E-state index is 12.9. The summed E-state index contributed by atoms with van der Waals surface area (Å²) in [4.78, 5) is 51.2. The Morgan fingerprint density at radius 3 is 2.40 bits per heavy atom. The molecule has 0 atom stereocenters. The quantitative estimate of drug-likeness (QED) is 0.515. The molecule has 0 unspecified atom stereocenters. The van der Waals surface area contributed by atoms with Crippen LogP contribution in [0.25, 0.3) is 0 Å². The first kappa shape index (κ1) is 21.2. The number of hydrogen-bond donors (Lipinski definition) is 0. The topological polar surface area (TPSA) is 84.0 Å². The molecule has 30 heavy (non-hydrogen) atoms. The Balaban J connectivity index is 1.46. The van der Waals surface area contributed by atoms with Crippen LogP contribution >= 0.6 is 0 Å². The van der Waals surface area contributed by atoms with Gasteiger partial charge in [-0.2, -0.15) is 0 Å². The van der Waals surface area contributed by atoms with Crippen molar-refractivity contribution in [1.82, 2.24) is 9.80 Å². The predicted molar refractivity (Wildman–Crippen MR) is 105 cm³/mol. The van der Waals surface area contributed by atoms with Gasteiger partial charge in [0.2, 0.25) is 0 Å². The number of rotatable bonds is 7. The molecule has 0 aromatic heterocycles. The molecule has 0 saturated carbocycles. The summed E-state index contributed by atoms with van der Waals surface area (Å²) in [6.45, 7) is 1.48. The first-order valence-corrected chi connectivity index (χ1v) is 9.37. The van der Waals surface area contributed by atoms with Gasteiger partial charge in [0, 0.05) is 20.1 Å². The number of imide groups is 1. The van der Waals surface area contributed by atoms with Gasteiger partial charge in [0.25, 0.3) is 17.7 Å². The van der Waals surface area contributed by atoms with Gasteiger partial charge in [-0.15, -0.1) is 0 Å². The highest BCUT2D eigenvalue weighted by atomic mass is 19.1. The van der Waals surface area contributed by atoms with Crippen LogP contribution in [-0.2, 0) is 20.9 Å². The fraction of sp³-hybridized carbons (Fsp3) is 0.273. The minimum atomic E-state index is -0.689. The van der Waals surface area contributed by atoms with Crippen LogP contribution < -0.4 is 0 Å². The number of carbonyl (C=O) groups excluding carboxylic acids is 4. The van der Waals surface area contributed by atoms with Crippen molar-refractivity contribution in [2.75, 3.05) is 20.2 Å². The smallest absolute Gasteiger partial charge is 0.308 e. The van der Waals surface area contributed by atoms with E-state index in [1.165, 1.54) is 17.0 Å². The molecule has 1 aliphatic rings. The summed E-state index contributed by atoms with van der Waals surface area (Å²) in [6.07, 6.45) is -0.209. The highest BCUT2D eigenvalue weighted by Crippen LogP contribution is 2.24. The Morgan fingerprint density at radius 2 is 1.70 bits per heavy atom. The van der Waals surface area contributed by atoms with E-state index in [-0.39, 0.29) is 25.3 Å². The van der Waals surface area contributed by atoms with E-state index in [2.05, 4.69) is 0 Å². The van der Waals surface area contributed by atoms with Crippen LogP contribution in [0.5, 0.6) is 0 Å². The highest BCUT2D eigenvalue weighted by molar-refractivity contribution is 6.21. The van der Waals surface area contributed by atoms with E-state index in [9.17, 15) is 23.6 Å². The van der Waals surface area contributed by atoms with Gasteiger partial charge in [0.15, 0.2) is 6.61 Å². The number of amides is 3. The Labute approximate surface area is 173 Å². The monoisotopic (exact) mass is 412 g/mol. The molecule has 2 aromatic rings. The molecule has 0 bridgehead atoms. The molecular formula is C22H21FN2O5. The van der Waals surface area contributed by atoms with Gasteiger partial charge in [0.1, 0.15) is 5.82 Å². The average Bonchev–Trinajstić information content (AvgIpc) is 2.95. The van der Waals surface area contributed by atoms with E-state index in [0.717, 1.165) is 16.0 Å². The van der Waals surface area contributed by atoms with E-state index < -0.39 is 30.3 Å². The number of aryl methyl sites for hydroxylation is 1. The number of ether oxygens (including phenoxy) is 1. The minimum Gasteiger partial charge on any atom is -0.456 e. The van der Waals surface area contributed by atoms with Gasteiger partial charge in [-0.1, -0.05) is 23.8 Å². The van der Waals surface area contributed by atoms with Crippen molar-refractivity contribution < 1.29 is 28.3 Å². The highest BCUT2D eigenvalue weighted by Gasteiger charge is 2.35. The van der Waals surface area contributed by atoms with Gasteiger partial charge in [-0.25, -0.2) is 4.39 Å². The number of benzene rings is 2. The summed E-state index contributed by atoms with van der Waals surface area (Å²) >= 11 is 0. The summed E-state index contributed by atoms with van der Waals surface area (Å²) in [5, 5.41) is 0. The van der Waals surface area contributed by atoms with Crippen molar-refractivity contribution in [2.45, 2.75) is 19.9 Å². The van der Waals surface area contributed by atoms with E-state index in [1.807, 2.05) is 6.92 Å². The summed E-state index contributed by atoms with van der Waals surface area (Å²) in [7, 11) is 1.54. The maximum Gasteiger partial charge on any atom is 0.308 e. The zero-order chi connectivity index (χ0) is 21.8. The number of fused-ring (bicyclic) bond motifs is 1. The normalized spacial score (nSPS) is 12.7. The number of halogens is 1. The van der Waals surface area contributed by atoms with E-state index >= 15 is 0 Å². The molecule has 0 fully saturated rings. The van der Waals surface area contributed by atoms with Crippen LogP contribution in [0.2, 0.25) is 0 Å². The van der Waals surface area contributed by atoms with Gasteiger partial charge >= 0.3 is 5.97 Å². The Bertz CT molecular complexity index is 1000. The van der Waals surface area contributed by atoms with E-state index in [1.54, 1.807) is 37.4 Å². The molecule has 0 N–H and O–H groups in total. The molecule has 2 aromatic carbocycles. The number of hydrogen-bond acceptors (Lipinski definition) is 5. The molecule has 3 amide bonds. The number of carbonyl (C=O) groups is 4. The number of nitrogens with zero attached hydrogens (tertiary/aromatic N) is 2. The lowest BCUT2D eigenvalue weighted by Gasteiger charge is -2.17. The fourth-order valence-electron chi connectivity index (χ4n) is 3.09. The van der Waals surface area contributed by atoms with Crippen molar-refractivity contribution in [3.63, 3.8) is 0 Å². The Morgan fingerprint density at radius 1 is 1.03 bits per heavy atom. The van der Waals surface area contributed by atoms with E-state index in [0.29, 0.717) is 11.1 Å². The lowest BCUT2D eigenvalue weighted by atomic mass is 10.1. The third-order valence-corrected chi connectivity index (χ3v) is 4.78. The lowest BCUT2D eigenvalue weighted by molar-refractivity contribution is -0.151. The zero-order valence-corrected chi connectivity index (χ0v) is 16.7. The van der Waals surface area contributed by atoms with Crippen LogP contribution in [0.4, 0.5) is 4.39 Å². The Hall–Kier alpha value is -3.55. The summed E-state index contributed by atoms with van der Waals surface area (Å²) in [6, 6.07) is 10.7. The summed E-state index contributed by atoms with van der Waals surface area (Å²) in [5.41, 5.74) is 2.24. The standard InChI is InChI=1S/C22H21FN2O5/c1-14-3-8-17-18(11-14)22(29)25(21(17)28)10-9-20(27)30-13-19(26)24(2)12-15-4-6-16(23)7-5-15/h3-8,11H,9-10,12-13H2,1-2H3. The predicted octanol–water partition coefficient (Wildman–Crippen LogP) is 2.32. The van der Waals surface area contributed by atoms with Crippen LogP contribution in [0.15, 0.2) is 42.5 Å². The van der Waals surface area contributed by atoms with Crippen LogP contribution in [0.1, 0.15) is 38.3 Å².